The van der Waals surface area contributed by atoms with Crippen LogP contribution in [0.2, 0.25) is 0 Å². The van der Waals surface area contributed by atoms with Crippen LogP contribution >= 0.6 is 11.6 Å². The summed E-state index contributed by atoms with van der Waals surface area (Å²) in [6.07, 6.45) is 10.9. The molecule has 1 unspecified atom stereocenters. The zero-order chi connectivity index (χ0) is 32.1. The van der Waals surface area contributed by atoms with Gasteiger partial charge in [0.25, 0.3) is 0 Å². The second-order valence-electron chi connectivity index (χ2n) is 15.1. The van der Waals surface area contributed by atoms with E-state index in [1.807, 2.05) is 0 Å². The molecule has 2 aromatic rings. The monoisotopic (exact) mass is 627 g/mol. The molecule has 4 heterocycles. The first kappa shape index (κ1) is 30.0. The smallest absolute Gasteiger partial charge is 0.231 e. The van der Waals surface area contributed by atoms with Gasteiger partial charge in [-0.1, -0.05) is 58.4 Å². The first-order valence-electron chi connectivity index (χ1n) is 15.9. The van der Waals surface area contributed by atoms with Gasteiger partial charge in [-0.2, -0.15) is 4.58 Å². The predicted molar refractivity (Wildman–Crippen MR) is 181 cm³/mol. The topological polar surface area (TPSA) is 43.2 Å². The third-order valence-corrected chi connectivity index (χ3v) is 11.1. The summed E-state index contributed by atoms with van der Waals surface area (Å²) in [4.78, 5) is 2.27. The molecule has 0 fully saturated rings. The summed E-state index contributed by atoms with van der Waals surface area (Å²) in [5.74, 6) is 3.71. The molecule has 236 valence electrons. The highest BCUT2D eigenvalue weighted by Gasteiger charge is 2.45. The molecule has 0 aromatic heterocycles. The van der Waals surface area contributed by atoms with Crippen molar-refractivity contribution in [1.82, 2.24) is 0 Å². The Bertz CT molecular complexity index is 1780. The minimum Gasteiger partial charge on any atom is -0.454 e. The quantitative estimate of drug-likeness (QED) is 0.318. The Morgan fingerprint density at radius 2 is 1.42 bits per heavy atom. The summed E-state index contributed by atoms with van der Waals surface area (Å²) in [5, 5.41) is 0.859. The van der Waals surface area contributed by atoms with Gasteiger partial charge in [0.1, 0.15) is 7.05 Å². The van der Waals surface area contributed by atoms with Gasteiger partial charge in [0.2, 0.25) is 19.3 Å². The van der Waals surface area contributed by atoms with E-state index in [0.717, 1.165) is 52.2 Å². The second-order valence-corrected chi connectivity index (χ2v) is 15.5. The maximum atomic E-state index is 7.29. The summed E-state index contributed by atoms with van der Waals surface area (Å²) < 4.78 is 25.1. The molecule has 7 heteroatoms. The molecule has 0 bridgehead atoms. The van der Waals surface area contributed by atoms with Crippen LogP contribution in [0.3, 0.4) is 0 Å². The molecule has 0 saturated heterocycles. The van der Waals surface area contributed by atoms with Crippen molar-refractivity contribution in [2.75, 3.05) is 32.6 Å². The molecule has 7 rings (SSSR count). The number of hydrogen-bond donors (Lipinski definition) is 0. The molecule has 0 N–H and O–H groups in total. The molecule has 0 radical (unpaired) electrons. The molecule has 0 amide bonds. The minimum atomic E-state index is -0.195. The first-order valence-corrected chi connectivity index (χ1v) is 16.3. The zero-order valence-corrected chi connectivity index (χ0v) is 28.7. The van der Waals surface area contributed by atoms with Crippen LogP contribution in [0.5, 0.6) is 23.0 Å². The molecule has 5 aliphatic rings. The normalized spacial score (nSPS) is 24.5. The summed E-state index contributed by atoms with van der Waals surface area (Å²) in [7, 11) is 4.26. The Labute approximate surface area is 272 Å². The highest BCUT2D eigenvalue weighted by molar-refractivity contribution is 6.32. The Hall–Kier alpha value is -3.64. The van der Waals surface area contributed by atoms with Crippen molar-refractivity contribution in [3.05, 3.63) is 81.6 Å². The highest BCUT2D eigenvalue weighted by Crippen LogP contribution is 2.52. The van der Waals surface area contributed by atoms with Crippen LogP contribution in [0.25, 0.3) is 0 Å². The van der Waals surface area contributed by atoms with Crippen molar-refractivity contribution in [3.63, 3.8) is 0 Å². The van der Waals surface area contributed by atoms with Gasteiger partial charge in [0.15, 0.2) is 28.7 Å². The number of nitrogens with zero attached hydrogens (tertiary/aromatic N) is 2. The molecule has 0 saturated carbocycles. The van der Waals surface area contributed by atoms with E-state index in [2.05, 4.69) is 121 Å². The van der Waals surface area contributed by atoms with E-state index in [0.29, 0.717) is 5.92 Å². The third-order valence-electron chi connectivity index (χ3n) is 10.7. The molecule has 0 spiro atoms. The van der Waals surface area contributed by atoms with Gasteiger partial charge in [-0.15, -0.1) is 0 Å². The average molecular weight is 628 g/mol. The van der Waals surface area contributed by atoms with Gasteiger partial charge in [-0.05, 0) is 72.9 Å². The summed E-state index contributed by atoms with van der Waals surface area (Å²) in [6, 6.07) is 8.48. The SMILES string of the molecule is CN1/C(=C\C=C2/CC(C(C)(C)C)CC(/C=C/C3=[N+](C)c4cc5c(cc4C3(C)C)OCO5)=C2Cl)C(C)(C)c2cc3c(cc21)OCO3. The molecular weight excluding hydrogens is 584 g/mol. The largest absolute Gasteiger partial charge is 0.454 e. The number of benzene rings is 2. The fraction of sp³-hybridized carbons (Fsp3) is 0.447. The maximum absolute atomic E-state index is 7.29. The summed E-state index contributed by atoms with van der Waals surface area (Å²) in [5.41, 5.74) is 9.33. The third kappa shape index (κ3) is 4.70. The van der Waals surface area contributed by atoms with Gasteiger partial charge < -0.3 is 23.8 Å². The zero-order valence-electron chi connectivity index (χ0n) is 27.9. The molecule has 6 nitrogen and oxygen atoms in total. The number of ether oxygens (including phenoxy) is 4. The minimum absolute atomic E-state index is 0.135. The first-order chi connectivity index (χ1) is 21.2. The van der Waals surface area contributed by atoms with E-state index in [4.69, 9.17) is 30.5 Å². The Kier molecular flexibility index (Phi) is 6.80. The van der Waals surface area contributed by atoms with Crippen molar-refractivity contribution >= 4 is 28.7 Å². The standard InChI is InChI=1S/C38H44ClN2O4/c1-36(2,3)24-14-22(10-12-33-37(4,5)25-16-29-31(44-20-42-29)18-27(25)40(33)8)35(39)23(15-24)11-13-34-38(6,7)26-17-30-32(45-21-43-30)19-28(26)41(34)9/h10-13,16-19,24H,14-15,20-21H2,1-9H3/q+1. The lowest BCUT2D eigenvalue weighted by Gasteiger charge is -2.35. The molecular formula is C38H44ClN2O4+. The fourth-order valence-corrected chi connectivity index (χ4v) is 7.96. The van der Waals surface area contributed by atoms with Crippen LogP contribution in [0.15, 0.2) is 70.4 Å². The highest BCUT2D eigenvalue weighted by atomic mass is 35.5. The van der Waals surface area contributed by atoms with Crippen LogP contribution < -0.4 is 23.8 Å². The van der Waals surface area contributed by atoms with Gasteiger partial charge in [0.05, 0.1) is 11.5 Å². The van der Waals surface area contributed by atoms with Crippen molar-refractivity contribution in [3.8, 4) is 23.0 Å². The van der Waals surface area contributed by atoms with Crippen molar-refractivity contribution < 1.29 is 23.5 Å². The Morgan fingerprint density at radius 3 is 2.07 bits per heavy atom. The molecule has 1 atom stereocenters. The number of rotatable bonds is 3. The number of hydrogen-bond acceptors (Lipinski definition) is 5. The van der Waals surface area contributed by atoms with E-state index in [-0.39, 0.29) is 29.8 Å². The van der Waals surface area contributed by atoms with E-state index in [9.17, 15) is 0 Å². The lowest BCUT2D eigenvalue weighted by molar-refractivity contribution is -0.401. The van der Waals surface area contributed by atoms with Gasteiger partial charge >= 0.3 is 0 Å². The molecule has 1 aliphatic carbocycles. The van der Waals surface area contributed by atoms with Crippen LogP contribution in [0.4, 0.5) is 11.4 Å². The number of likely N-dealkylation sites (N-methyl/N-ethyl adjacent to an activating group) is 1. The maximum Gasteiger partial charge on any atom is 0.231 e. The van der Waals surface area contributed by atoms with E-state index in [1.165, 1.54) is 33.7 Å². The van der Waals surface area contributed by atoms with Gasteiger partial charge in [-0.3, -0.25) is 0 Å². The average Bonchev–Trinajstić information content (AvgIpc) is 3.71. The summed E-state index contributed by atoms with van der Waals surface area (Å²) in [6.45, 7) is 16.7. The number of halogens is 1. The van der Waals surface area contributed by atoms with E-state index in [1.54, 1.807) is 0 Å². The van der Waals surface area contributed by atoms with Crippen molar-refractivity contribution in [2.45, 2.75) is 72.1 Å². The lowest BCUT2D eigenvalue weighted by Crippen LogP contribution is -2.27. The fourth-order valence-electron chi connectivity index (χ4n) is 7.68. The van der Waals surface area contributed by atoms with Crippen LogP contribution in [0.1, 0.15) is 72.4 Å². The second kappa shape index (κ2) is 10.2. The predicted octanol–water partition coefficient (Wildman–Crippen LogP) is 8.89. The van der Waals surface area contributed by atoms with E-state index >= 15 is 0 Å². The molecule has 45 heavy (non-hydrogen) atoms. The number of anilines is 1. The molecule has 2 aromatic carbocycles. The van der Waals surface area contributed by atoms with Crippen LogP contribution in [-0.4, -0.2) is 38.0 Å². The molecule has 4 aliphatic heterocycles. The van der Waals surface area contributed by atoms with Crippen LogP contribution in [-0.2, 0) is 10.8 Å². The van der Waals surface area contributed by atoms with Gasteiger partial charge in [-0.25, -0.2) is 0 Å². The van der Waals surface area contributed by atoms with Crippen LogP contribution in [0, 0.1) is 11.3 Å². The van der Waals surface area contributed by atoms with Crippen molar-refractivity contribution in [2.24, 2.45) is 11.3 Å². The Balaban J connectivity index is 1.25. The van der Waals surface area contributed by atoms with Crippen molar-refractivity contribution in [1.29, 1.82) is 0 Å². The lowest BCUT2D eigenvalue weighted by atomic mass is 9.70. The Morgan fingerprint density at radius 1 is 0.822 bits per heavy atom. The number of allylic oxidation sites excluding steroid dienone is 8. The van der Waals surface area contributed by atoms with Gasteiger partial charge in [0, 0.05) is 46.6 Å². The van der Waals surface area contributed by atoms with E-state index < -0.39 is 0 Å². The summed E-state index contributed by atoms with van der Waals surface area (Å²) >= 11 is 7.29. The number of fused-ring (bicyclic) bond motifs is 4.